The highest BCUT2D eigenvalue weighted by Crippen LogP contribution is 2.30. The lowest BCUT2D eigenvalue weighted by Gasteiger charge is -2.18. The Kier molecular flexibility index (Phi) is 4.82. The van der Waals surface area contributed by atoms with Crippen LogP contribution in [0.3, 0.4) is 0 Å². The van der Waals surface area contributed by atoms with Crippen LogP contribution in [0.25, 0.3) is 0 Å². The van der Waals surface area contributed by atoms with Gasteiger partial charge in [0.1, 0.15) is 13.2 Å². The number of hydrogen-bond donors (Lipinski definition) is 2. The van der Waals surface area contributed by atoms with Crippen molar-refractivity contribution in [2.24, 2.45) is 0 Å². The number of ether oxygens (including phenoxy) is 2. The minimum atomic E-state index is -0.303. The molecule has 1 heterocycles. The van der Waals surface area contributed by atoms with E-state index in [9.17, 15) is 4.79 Å². The summed E-state index contributed by atoms with van der Waals surface area (Å²) in [5.41, 5.74) is 2.15. The number of fused-ring (bicyclic) bond motifs is 1. The number of hydrogen-bond acceptors (Lipinski definition) is 4. The van der Waals surface area contributed by atoms with E-state index in [4.69, 9.17) is 14.7 Å². The second-order valence-corrected chi connectivity index (χ2v) is 5.30. The Morgan fingerprint density at radius 1 is 1.12 bits per heavy atom. The molecule has 0 atom stereocenters. The molecule has 2 amide bonds. The molecule has 0 saturated heterocycles. The fourth-order valence-corrected chi connectivity index (χ4v) is 2.41. The van der Waals surface area contributed by atoms with Gasteiger partial charge in [-0.15, -0.1) is 0 Å². The largest absolute Gasteiger partial charge is 0.486 e. The summed E-state index contributed by atoms with van der Waals surface area (Å²) in [5.74, 6) is 1.50. The number of benzene rings is 2. The van der Waals surface area contributed by atoms with E-state index in [0.29, 0.717) is 37.4 Å². The minimum Gasteiger partial charge on any atom is -0.486 e. The molecule has 0 aliphatic carbocycles. The first-order valence-corrected chi connectivity index (χ1v) is 7.68. The first kappa shape index (κ1) is 15.7. The number of carbonyl (C=O) groups excluding carboxylic acids is 1. The molecule has 2 N–H and O–H groups in total. The van der Waals surface area contributed by atoms with Crippen molar-refractivity contribution < 1.29 is 14.3 Å². The quantitative estimate of drug-likeness (QED) is 0.906. The minimum absolute atomic E-state index is 0.303. The Balaban J connectivity index is 1.49. The van der Waals surface area contributed by atoms with E-state index < -0.39 is 0 Å². The van der Waals surface area contributed by atoms with Gasteiger partial charge >= 0.3 is 6.03 Å². The average Bonchev–Trinajstić information content (AvgIpc) is 2.62. The fraction of sp³-hybridized carbons (Fsp3) is 0.222. The number of anilines is 1. The Bertz CT molecular complexity index is 783. The molecule has 6 heteroatoms. The maximum atomic E-state index is 11.9. The summed E-state index contributed by atoms with van der Waals surface area (Å²) in [6.07, 6.45) is 0.683. The van der Waals surface area contributed by atoms with E-state index in [1.165, 1.54) is 0 Å². The smallest absolute Gasteiger partial charge is 0.319 e. The number of carbonyl (C=O) groups is 1. The molecule has 3 rings (SSSR count). The van der Waals surface area contributed by atoms with E-state index in [0.717, 1.165) is 17.1 Å². The van der Waals surface area contributed by atoms with Crippen molar-refractivity contribution in [1.82, 2.24) is 5.32 Å². The molecule has 1 aliphatic rings. The fourth-order valence-electron chi connectivity index (χ4n) is 2.41. The molecule has 0 unspecified atom stereocenters. The van der Waals surface area contributed by atoms with E-state index in [2.05, 4.69) is 10.6 Å². The van der Waals surface area contributed by atoms with E-state index in [1.54, 1.807) is 24.3 Å². The van der Waals surface area contributed by atoms with Crippen LogP contribution in [0.1, 0.15) is 11.1 Å². The van der Waals surface area contributed by atoms with Crippen LogP contribution in [0.4, 0.5) is 10.5 Å². The number of rotatable bonds is 4. The third-order valence-corrected chi connectivity index (χ3v) is 3.56. The molecule has 6 nitrogen and oxygen atoms in total. The lowest BCUT2D eigenvalue weighted by molar-refractivity contribution is 0.171. The predicted molar refractivity (Wildman–Crippen MR) is 89.3 cm³/mol. The van der Waals surface area contributed by atoms with Crippen LogP contribution in [-0.2, 0) is 6.42 Å². The van der Waals surface area contributed by atoms with Gasteiger partial charge in [0.15, 0.2) is 11.5 Å². The van der Waals surface area contributed by atoms with Crippen molar-refractivity contribution >= 4 is 11.7 Å². The molecule has 24 heavy (non-hydrogen) atoms. The molecule has 0 saturated carbocycles. The van der Waals surface area contributed by atoms with Crippen molar-refractivity contribution in [3.63, 3.8) is 0 Å². The molecule has 0 aromatic heterocycles. The zero-order chi connectivity index (χ0) is 16.8. The van der Waals surface area contributed by atoms with Crippen LogP contribution < -0.4 is 20.1 Å². The summed E-state index contributed by atoms with van der Waals surface area (Å²) in [6.45, 7) is 1.61. The summed E-state index contributed by atoms with van der Waals surface area (Å²) in [5, 5.41) is 14.3. The second kappa shape index (κ2) is 7.38. The van der Waals surface area contributed by atoms with E-state index in [1.807, 2.05) is 24.3 Å². The van der Waals surface area contributed by atoms with Gasteiger partial charge in [0, 0.05) is 12.2 Å². The normalized spacial score (nSPS) is 12.1. The van der Waals surface area contributed by atoms with Crippen molar-refractivity contribution in [1.29, 1.82) is 5.26 Å². The van der Waals surface area contributed by atoms with Crippen LogP contribution >= 0.6 is 0 Å². The van der Waals surface area contributed by atoms with Gasteiger partial charge in [-0.2, -0.15) is 5.26 Å². The zero-order valence-corrected chi connectivity index (χ0v) is 13.0. The first-order chi connectivity index (χ1) is 11.7. The highest BCUT2D eigenvalue weighted by Gasteiger charge is 2.11. The summed E-state index contributed by atoms with van der Waals surface area (Å²) < 4.78 is 11.0. The Morgan fingerprint density at radius 2 is 1.96 bits per heavy atom. The highest BCUT2D eigenvalue weighted by atomic mass is 16.6. The Hall–Kier alpha value is -3.20. The number of nitrogens with zero attached hydrogens (tertiary/aromatic N) is 1. The monoisotopic (exact) mass is 323 g/mol. The summed E-state index contributed by atoms with van der Waals surface area (Å²) in [4.78, 5) is 11.9. The average molecular weight is 323 g/mol. The molecule has 0 radical (unpaired) electrons. The molecule has 2 aromatic carbocycles. The second-order valence-electron chi connectivity index (χ2n) is 5.30. The van der Waals surface area contributed by atoms with E-state index >= 15 is 0 Å². The maximum absolute atomic E-state index is 11.9. The molecule has 122 valence electrons. The van der Waals surface area contributed by atoms with Crippen molar-refractivity contribution in [2.75, 3.05) is 25.1 Å². The van der Waals surface area contributed by atoms with Gasteiger partial charge in [0.2, 0.25) is 0 Å². The lowest BCUT2D eigenvalue weighted by atomic mass is 10.1. The van der Waals surface area contributed by atoms with Gasteiger partial charge < -0.3 is 20.1 Å². The summed E-state index contributed by atoms with van der Waals surface area (Å²) >= 11 is 0. The molecular weight excluding hydrogens is 306 g/mol. The van der Waals surface area contributed by atoms with Crippen LogP contribution in [-0.4, -0.2) is 25.8 Å². The van der Waals surface area contributed by atoms with E-state index in [-0.39, 0.29) is 6.03 Å². The van der Waals surface area contributed by atoms with Gasteiger partial charge in [-0.3, -0.25) is 0 Å². The predicted octanol–water partition coefficient (Wildman–Crippen LogP) is 2.69. The van der Waals surface area contributed by atoms with Gasteiger partial charge in [-0.1, -0.05) is 12.1 Å². The van der Waals surface area contributed by atoms with Crippen LogP contribution in [0.2, 0.25) is 0 Å². The SMILES string of the molecule is N#Cc1cccc(NC(=O)NCCc2ccc3c(c2)OCCO3)c1. The number of nitriles is 1. The third kappa shape index (κ3) is 3.96. The van der Waals surface area contributed by atoms with Gasteiger partial charge in [0.05, 0.1) is 11.6 Å². The van der Waals surface area contributed by atoms with Crippen LogP contribution in [0.15, 0.2) is 42.5 Å². The van der Waals surface area contributed by atoms with Crippen molar-refractivity contribution in [2.45, 2.75) is 6.42 Å². The van der Waals surface area contributed by atoms with Crippen LogP contribution in [0, 0.1) is 11.3 Å². The third-order valence-electron chi connectivity index (χ3n) is 3.56. The summed E-state index contributed by atoms with van der Waals surface area (Å²) in [6, 6.07) is 14.3. The van der Waals surface area contributed by atoms with Crippen molar-refractivity contribution in [3.05, 3.63) is 53.6 Å². The summed E-state index contributed by atoms with van der Waals surface area (Å²) in [7, 11) is 0. The topological polar surface area (TPSA) is 83.4 Å². The molecule has 0 fully saturated rings. The molecular formula is C18H17N3O3. The standard InChI is InChI=1S/C18H17N3O3/c19-12-14-2-1-3-15(10-14)21-18(22)20-7-6-13-4-5-16-17(11-13)24-9-8-23-16/h1-5,10-11H,6-9H2,(H2,20,21,22). The van der Waals surface area contributed by atoms with Crippen LogP contribution in [0.5, 0.6) is 11.5 Å². The van der Waals surface area contributed by atoms with Crippen molar-refractivity contribution in [3.8, 4) is 17.6 Å². The highest BCUT2D eigenvalue weighted by molar-refractivity contribution is 5.89. The molecule has 1 aliphatic heterocycles. The van der Waals surface area contributed by atoms with Gasteiger partial charge in [-0.25, -0.2) is 4.79 Å². The number of nitrogens with one attached hydrogen (secondary N) is 2. The zero-order valence-electron chi connectivity index (χ0n) is 13.0. The number of urea groups is 1. The Labute approximate surface area is 140 Å². The molecule has 0 spiro atoms. The molecule has 0 bridgehead atoms. The maximum Gasteiger partial charge on any atom is 0.319 e. The number of amides is 2. The molecule has 2 aromatic rings. The van der Waals surface area contributed by atoms with Gasteiger partial charge in [-0.05, 0) is 42.3 Å². The first-order valence-electron chi connectivity index (χ1n) is 7.68. The Morgan fingerprint density at radius 3 is 2.79 bits per heavy atom. The van der Waals surface area contributed by atoms with Gasteiger partial charge in [0.25, 0.3) is 0 Å². The lowest BCUT2D eigenvalue weighted by Crippen LogP contribution is -2.30.